The van der Waals surface area contributed by atoms with Gasteiger partial charge in [-0.25, -0.2) is 0 Å². The van der Waals surface area contributed by atoms with Gasteiger partial charge in [-0.2, -0.15) is 52.7 Å². The molecule has 0 aliphatic carbocycles. The second kappa shape index (κ2) is 14.0. The van der Waals surface area contributed by atoms with E-state index in [1.54, 1.807) is 0 Å². The van der Waals surface area contributed by atoms with E-state index < -0.39 is 86.1 Å². The van der Waals surface area contributed by atoms with Crippen LogP contribution in [-0.2, 0) is 24.7 Å². The van der Waals surface area contributed by atoms with Gasteiger partial charge in [-0.05, 0) is 77.1 Å². The van der Waals surface area contributed by atoms with Crippen LogP contribution in [0.25, 0.3) is 0 Å². The van der Waals surface area contributed by atoms with Crippen molar-refractivity contribution in [2.75, 3.05) is 0 Å². The van der Waals surface area contributed by atoms with E-state index in [9.17, 15) is 52.7 Å². The first kappa shape index (κ1) is 36.8. The maximum Gasteiger partial charge on any atom is 0.416 e. The monoisotopic (exact) mass is 779 g/mol. The molecule has 0 aliphatic rings. The fraction of sp³-hybridized carbons (Fsp3) is 0.143. The predicted octanol–water partition coefficient (Wildman–Crippen LogP) is 11.8. The van der Waals surface area contributed by atoms with Crippen molar-refractivity contribution >= 4 is 24.7 Å². The van der Waals surface area contributed by atoms with Crippen molar-refractivity contribution in [2.45, 2.75) is 24.7 Å². The molecular formula is C28H16F12N3O4P3. The van der Waals surface area contributed by atoms with E-state index >= 15 is 0 Å². The van der Waals surface area contributed by atoms with Crippen molar-refractivity contribution in [1.82, 2.24) is 13.0 Å². The molecule has 0 fully saturated rings. The first-order valence-corrected chi connectivity index (χ1v) is 16.4. The van der Waals surface area contributed by atoms with Crippen molar-refractivity contribution in [3.05, 3.63) is 119 Å². The van der Waals surface area contributed by atoms with Crippen LogP contribution in [0.5, 0.6) is 23.0 Å². The summed E-state index contributed by atoms with van der Waals surface area (Å²) in [5, 5.41) is 0. The van der Waals surface area contributed by atoms with E-state index in [1.807, 2.05) is 0 Å². The second-order valence-corrected chi connectivity index (χ2v) is 14.0. The van der Waals surface area contributed by atoms with Gasteiger partial charge < -0.3 is 18.7 Å². The summed E-state index contributed by atoms with van der Waals surface area (Å²) < 4.78 is 179. The topological polar surface area (TPSA) is 59.7 Å². The van der Waals surface area contributed by atoms with E-state index in [0.29, 0.717) is 44.9 Å². The molecule has 0 bridgehead atoms. The summed E-state index contributed by atoms with van der Waals surface area (Å²) >= 11 is 0. The summed E-state index contributed by atoms with van der Waals surface area (Å²) in [6.45, 7) is 0. The average molecular weight is 779 g/mol. The molecule has 4 aromatic carbocycles. The lowest BCUT2D eigenvalue weighted by molar-refractivity contribution is -0.138. The first-order valence-electron chi connectivity index (χ1n) is 13.3. The highest BCUT2D eigenvalue weighted by Gasteiger charge is 2.34. The van der Waals surface area contributed by atoms with Crippen molar-refractivity contribution in [3.63, 3.8) is 0 Å². The number of halogens is 12. The summed E-state index contributed by atoms with van der Waals surface area (Å²) in [5.74, 6) is -2.02. The van der Waals surface area contributed by atoms with Crippen LogP contribution in [0, 0.1) is 0 Å². The summed E-state index contributed by atoms with van der Waals surface area (Å²) in [6.07, 6.45) is -19.4. The predicted molar refractivity (Wildman–Crippen MR) is 156 cm³/mol. The van der Waals surface area contributed by atoms with Crippen LogP contribution < -0.4 is 18.7 Å². The SMILES string of the molecule is FC(F)(F)c1cccc(On2pnp(Oc3cccc(C(F)(F)F)c3)n(Oc3cccc(C(F)(F)F)c3)p2Oc2cccc(C(F)(F)F)c2)c1. The van der Waals surface area contributed by atoms with Gasteiger partial charge in [0.2, 0.25) is 0 Å². The lowest BCUT2D eigenvalue weighted by Crippen LogP contribution is -2.15. The molecular weight excluding hydrogens is 763 g/mol. The summed E-state index contributed by atoms with van der Waals surface area (Å²) in [5.41, 5.74) is -4.70. The standard InChI is InChI=1S/C28H16F12N3O4P3/c29-25(30,31)17-5-1-9-21(13-17)44-42-48-41-49(46-23-11-3-7-19(15-23)27(35,36)37)43(45-22-10-2-6-18(14-22)26(32,33)34)50(42)47-24-12-4-8-20(16-24)28(38,39)40/h1-16H. The molecule has 22 heteroatoms. The number of hydrogen-bond acceptors (Lipinski definition) is 5. The number of alkyl halides is 12. The van der Waals surface area contributed by atoms with Gasteiger partial charge in [-0.1, -0.05) is 28.5 Å². The minimum absolute atomic E-state index is 0.363. The highest BCUT2D eigenvalue weighted by molar-refractivity contribution is 7.56. The Balaban J connectivity index is 1.71. The fourth-order valence-electron chi connectivity index (χ4n) is 3.81. The molecule has 50 heavy (non-hydrogen) atoms. The van der Waals surface area contributed by atoms with E-state index in [-0.39, 0.29) is 8.51 Å². The smallest absolute Gasteiger partial charge is 0.414 e. The number of benzene rings is 4. The molecule has 266 valence electrons. The average Bonchev–Trinajstić information content (AvgIpc) is 3.03. The minimum Gasteiger partial charge on any atom is -0.414 e. The van der Waals surface area contributed by atoms with E-state index in [2.05, 4.69) is 4.51 Å². The Labute approximate surface area is 276 Å². The van der Waals surface area contributed by atoms with Gasteiger partial charge in [0.1, 0.15) is 11.5 Å². The van der Waals surface area contributed by atoms with Crippen molar-refractivity contribution < 1.29 is 71.4 Å². The highest BCUT2D eigenvalue weighted by Crippen LogP contribution is 2.45. The molecule has 0 saturated carbocycles. The van der Waals surface area contributed by atoms with Crippen LogP contribution in [0.15, 0.2) is 97.1 Å². The van der Waals surface area contributed by atoms with Crippen LogP contribution >= 0.6 is 24.7 Å². The molecule has 0 saturated heterocycles. The molecule has 7 nitrogen and oxygen atoms in total. The van der Waals surface area contributed by atoms with Crippen LogP contribution in [0.2, 0.25) is 0 Å². The van der Waals surface area contributed by atoms with Crippen LogP contribution in [-0.4, -0.2) is 13.0 Å². The molecule has 5 aromatic rings. The summed E-state index contributed by atoms with van der Waals surface area (Å²) in [4.78, 5) is 11.3. The van der Waals surface area contributed by atoms with E-state index in [0.717, 1.165) is 60.7 Å². The third-order valence-electron chi connectivity index (χ3n) is 6.03. The fourth-order valence-corrected chi connectivity index (χ4v) is 8.74. The van der Waals surface area contributed by atoms with Crippen molar-refractivity contribution in [2.24, 2.45) is 0 Å². The van der Waals surface area contributed by atoms with Crippen LogP contribution in [0.4, 0.5) is 52.7 Å². The van der Waals surface area contributed by atoms with Gasteiger partial charge >= 0.3 is 40.9 Å². The third-order valence-corrected chi connectivity index (χ3v) is 10.7. The van der Waals surface area contributed by atoms with E-state index in [1.165, 1.54) is 0 Å². The Kier molecular flexibility index (Phi) is 10.3. The molecule has 0 aliphatic heterocycles. The molecule has 2 atom stereocenters. The van der Waals surface area contributed by atoms with Gasteiger partial charge in [0.05, 0.1) is 22.3 Å². The van der Waals surface area contributed by atoms with Gasteiger partial charge in [-0.3, -0.25) is 0 Å². The number of rotatable bonds is 8. The zero-order valence-corrected chi connectivity index (χ0v) is 26.8. The molecule has 5 rings (SSSR count). The third kappa shape index (κ3) is 9.20. The lowest BCUT2D eigenvalue weighted by Gasteiger charge is -2.21. The Morgan fingerprint density at radius 2 is 0.840 bits per heavy atom. The normalized spacial score (nSPS) is 13.3. The Morgan fingerprint density at radius 3 is 1.26 bits per heavy atom. The molecule has 1 aromatic heterocycles. The molecule has 0 N–H and O–H groups in total. The molecule has 2 unspecified atom stereocenters. The maximum atomic E-state index is 13.5. The highest BCUT2D eigenvalue weighted by atomic mass is 31.2. The lowest BCUT2D eigenvalue weighted by atomic mass is 10.2. The molecule has 0 amide bonds. The molecule has 1 heterocycles. The minimum atomic E-state index is -4.87. The van der Waals surface area contributed by atoms with Gasteiger partial charge in [0, 0.05) is 0 Å². The Hall–Kier alpha value is -4.46. The zero-order chi connectivity index (χ0) is 36.5. The zero-order valence-electron chi connectivity index (χ0n) is 24.1. The number of hydrogen-bond donors (Lipinski definition) is 0. The summed E-state index contributed by atoms with van der Waals surface area (Å²) in [7, 11) is -6.06. The van der Waals surface area contributed by atoms with Crippen LogP contribution in [0.3, 0.4) is 0 Å². The van der Waals surface area contributed by atoms with Crippen molar-refractivity contribution in [1.29, 1.82) is 0 Å². The molecule has 0 radical (unpaired) electrons. The van der Waals surface area contributed by atoms with Gasteiger partial charge in [0.25, 0.3) is 0 Å². The Morgan fingerprint density at radius 1 is 0.480 bits per heavy atom. The van der Waals surface area contributed by atoms with Gasteiger partial charge in [0.15, 0.2) is 20.0 Å². The van der Waals surface area contributed by atoms with Gasteiger partial charge in [-0.15, -0.1) is 4.51 Å². The Bertz CT molecular complexity index is 1870. The maximum absolute atomic E-state index is 13.5. The van der Waals surface area contributed by atoms with Crippen LogP contribution in [0.1, 0.15) is 22.3 Å². The first-order chi connectivity index (χ1) is 23.3. The summed E-state index contributed by atoms with van der Waals surface area (Å²) in [6, 6.07) is 13.2. The second-order valence-electron chi connectivity index (χ2n) is 9.66. The number of nitrogens with zero attached hydrogens (tertiary/aromatic N) is 3. The molecule has 0 spiro atoms. The largest absolute Gasteiger partial charge is 0.416 e. The quantitative estimate of drug-likeness (QED) is 0.147. The number of aromatic nitrogens is 3. The van der Waals surface area contributed by atoms with Crippen molar-refractivity contribution in [3.8, 4) is 23.0 Å². The van der Waals surface area contributed by atoms with E-state index in [4.69, 9.17) is 18.7 Å².